The molecule has 9 nitrogen and oxygen atoms in total. The first-order valence-electron chi connectivity index (χ1n) is 7.32. The van der Waals surface area contributed by atoms with Gasteiger partial charge in [-0.2, -0.15) is 8.78 Å². The number of nitro groups is 1. The standard InChI is InChI=1S/C15H18F2N2O7/c1-15(2,13(21)22)4-5-18-12(20)8-6-10(25-3)11(26-14(16)17)7-9(8)19(23)24/h6-7,14H,4-5H2,1-3H3,(H,18,20)(H,21,22). The number of carboxylic acids is 1. The molecule has 144 valence electrons. The zero-order chi connectivity index (χ0) is 20.1. The molecule has 0 heterocycles. The lowest BCUT2D eigenvalue weighted by atomic mass is 9.89. The lowest BCUT2D eigenvalue weighted by molar-refractivity contribution is -0.385. The van der Waals surface area contributed by atoms with Crippen LogP contribution >= 0.6 is 0 Å². The molecular weight excluding hydrogens is 358 g/mol. The number of halogens is 2. The molecule has 1 aromatic rings. The van der Waals surface area contributed by atoms with Crippen LogP contribution in [-0.4, -0.2) is 42.2 Å². The number of rotatable bonds is 9. The number of methoxy groups -OCH3 is 1. The summed E-state index contributed by atoms with van der Waals surface area (Å²) >= 11 is 0. The van der Waals surface area contributed by atoms with Crippen LogP contribution < -0.4 is 14.8 Å². The second-order valence-electron chi connectivity index (χ2n) is 5.85. The Hall–Kier alpha value is -2.98. The molecule has 0 aliphatic carbocycles. The van der Waals surface area contributed by atoms with Gasteiger partial charge < -0.3 is 19.9 Å². The first-order valence-corrected chi connectivity index (χ1v) is 7.32. The summed E-state index contributed by atoms with van der Waals surface area (Å²) in [6, 6.07) is 1.58. The van der Waals surface area contributed by atoms with Crippen molar-refractivity contribution in [1.29, 1.82) is 0 Å². The van der Waals surface area contributed by atoms with E-state index < -0.39 is 45.8 Å². The number of hydrogen-bond donors (Lipinski definition) is 2. The first kappa shape index (κ1) is 21.1. The van der Waals surface area contributed by atoms with Crippen LogP contribution in [0.25, 0.3) is 0 Å². The van der Waals surface area contributed by atoms with Crippen LogP contribution in [0.3, 0.4) is 0 Å². The molecule has 11 heteroatoms. The summed E-state index contributed by atoms with van der Waals surface area (Å²) in [6.45, 7) is -0.374. The minimum Gasteiger partial charge on any atom is -0.493 e. The molecule has 0 saturated heterocycles. The van der Waals surface area contributed by atoms with Gasteiger partial charge in [-0.1, -0.05) is 0 Å². The topological polar surface area (TPSA) is 128 Å². The number of carbonyl (C=O) groups is 2. The monoisotopic (exact) mass is 376 g/mol. The van der Waals surface area contributed by atoms with E-state index in [2.05, 4.69) is 10.1 Å². The van der Waals surface area contributed by atoms with E-state index in [0.29, 0.717) is 6.07 Å². The molecule has 26 heavy (non-hydrogen) atoms. The van der Waals surface area contributed by atoms with Gasteiger partial charge in [-0.05, 0) is 20.3 Å². The van der Waals surface area contributed by atoms with E-state index in [1.807, 2.05) is 0 Å². The van der Waals surface area contributed by atoms with Crippen LogP contribution in [-0.2, 0) is 4.79 Å². The van der Waals surface area contributed by atoms with Crippen LogP contribution in [0, 0.1) is 15.5 Å². The van der Waals surface area contributed by atoms with E-state index in [9.17, 15) is 28.5 Å². The summed E-state index contributed by atoms with van der Waals surface area (Å²) in [7, 11) is 1.12. The summed E-state index contributed by atoms with van der Waals surface area (Å²) in [6.07, 6.45) is 0.0750. The Labute approximate surface area is 147 Å². The summed E-state index contributed by atoms with van der Waals surface area (Å²) in [5.41, 5.74) is -2.29. The number of carboxylic acid groups (broad SMARTS) is 1. The minimum absolute atomic E-state index is 0.0626. The maximum Gasteiger partial charge on any atom is 0.387 e. The van der Waals surface area contributed by atoms with E-state index >= 15 is 0 Å². The second kappa shape index (κ2) is 8.41. The Bertz CT molecular complexity index is 707. The van der Waals surface area contributed by atoms with Crippen molar-refractivity contribution in [2.75, 3.05) is 13.7 Å². The second-order valence-corrected chi connectivity index (χ2v) is 5.85. The average Bonchev–Trinajstić information content (AvgIpc) is 2.53. The van der Waals surface area contributed by atoms with Gasteiger partial charge in [0.25, 0.3) is 11.6 Å². The number of alkyl halides is 2. The normalized spacial score (nSPS) is 11.2. The molecule has 0 saturated carbocycles. The van der Waals surface area contributed by atoms with Gasteiger partial charge in [0.2, 0.25) is 0 Å². The van der Waals surface area contributed by atoms with Gasteiger partial charge in [0, 0.05) is 12.6 Å². The van der Waals surface area contributed by atoms with Crippen molar-refractivity contribution in [3.8, 4) is 11.5 Å². The van der Waals surface area contributed by atoms with Gasteiger partial charge in [-0.15, -0.1) is 0 Å². The number of nitrogens with one attached hydrogen (secondary N) is 1. The number of hydrogen-bond acceptors (Lipinski definition) is 6. The zero-order valence-corrected chi connectivity index (χ0v) is 14.2. The van der Waals surface area contributed by atoms with Gasteiger partial charge >= 0.3 is 12.6 Å². The number of benzene rings is 1. The fraction of sp³-hybridized carbons (Fsp3) is 0.467. The van der Waals surface area contributed by atoms with Crippen LogP contribution in [0.5, 0.6) is 11.5 Å². The van der Waals surface area contributed by atoms with E-state index in [-0.39, 0.29) is 18.7 Å². The molecular formula is C15H18F2N2O7. The van der Waals surface area contributed by atoms with Crippen molar-refractivity contribution in [3.05, 3.63) is 27.8 Å². The van der Waals surface area contributed by atoms with Crippen molar-refractivity contribution < 1.29 is 37.9 Å². The molecule has 0 aliphatic heterocycles. The van der Waals surface area contributed by atoms with E-state index in [0.717, 1.165) is 13.2 Å². The predicted octanol–water partition coefficient (Wildman–Crippen LogP) is 2.44. The van der Waals surface area contributed by atoms with Crippen LogP contribution in [0.2, 0.25) is 0 Å². The van der Waals surface area contributed by atoms with E-state index in [1.165, 1.54) is 13.8 Å². The average molecular weight is 376 g/mol. The van der Waals surface area contributed by atoms with Crippen molar-refractivity contribution in [2.45, 2.75) is 26.9 Å². The molecule has 0 radical (unpaired) electrons. The molecule has 0 spiro atoms. The maximum absolute atomic E-state index is 12.4. The molecule has 1 rings (SSSR count). The Morgan fingerprint density at radius 3 is 2.42 bits per heavy atom. The van der Waals surface area contributed by atoms with Crippen molar-refractivity contribution in [2.24, 2.45) is 5.41 Å². The van der Waals surface area contributed by atoms with Crippen molar-refractivity contribution in [3.63, 3.8) is 0 Å². The number of carbonyl (C=O) groups excluding carboxylic acids is 1. The van der Waals surface area contributed by atoms with Crippen LogP contribution in [0.4, 0.5) is 14.5 Å². The van der Waals surface area contributed by atoms with Crippen LogP contribution in [0.15, 0.2) is 12.1 Å². The summed E-state index contributed by atoms with van der Waals surface area (Å²) in [5.74, 6) is -2.81. The Morgan fingerprint density at radius 2 is 1.96 bits per heavy atom. The van der Waals surface area contributed by atoms with Gasteiger partial charge in [-0.25, -0.2) is 0 Å². The van der Waals surface area contributed by atoms with Gasteiger partial charge in [0.05, 0.1) is 23.5 Å². The largest absolute Gasteiger partial charge is 0.493 e. The molecule has 0 atom stereocenters. The third-order valence-corrected chi connectivity index (χ3v) is 3.55. The van der Waals surface area contributed by atoms with Crippen LogP contribution in [0.1, 0.15) is 30.6 Å². The SMILES string of the molecule is COc1cc(C(=O)NCCC(C)(C)C(=O)O)c([N+](=O)[O-])cc1OC(F)F. The maximum atomic E-state index is 12.4. The molecule has 0 aromatic heterocycles. The highest BCUT2D eigenvalue weighted by molar-refractivity contribution is 5.99. The molecule has 0 unspecified atom stereocenters. The molecule has 1 amide bonds. The Balaban J connectivity index is 3.08. The number of nitrogens with zero attached hydrogens (tertiary/aromatic N) is 1. The highest BCUT2D eigenvalue weighted by Gasteiger charge is 2.28. The highest BCUT2D eigenvalue weighted by atomic mass is 19.3. The Kier molecular flexibility index (Phi) is 6.81. The quantitative estimate of drug-likeness (QED) is 0.500. The summed E-state index contributed by atoms with van der Waals surface area (Å²) in [4.78, 5) is 33.5. The van der Waals surface area contributed by atoms with Crippen molar-refractivity contribution in [1.82, 2.24) is 5.32 Å². The molecule has 2 N–H and O–H groups in total. The number of aliphatic carboxylic acids is 1. The first-order chi connectivity index (χ1) is 12.0. The third kappa shape index (κ3) is 5.26. The zero-order valence-electron chi connectivity index (χ0n) is 14.2. The molecule has 0 bridgehead atoms. The molecule has 1 aromatic carbocycles. The molecule has 0 aliphatic rings. The number of nitro benzene ring substituents is 1. The predicted molar refractivity (Wildman–Crippen MR) is 84.6 cm³/mol. The van der Waals surface area contributed by atoms with Crippen molar-refractivity contribution >= 4 is 17.6 Å². The van der Waals surface area contributed by atoms with Gasteiger partial charge in [0.1, 0.15) is 5.56 Å². The summed E-state index contributed by atoms with van der Waals surface area (Å²) < 4.78 is 33.8. The Morgan fingerprint density at radius 1 is 1.35 bits per heavy atom. The molecule has 0 fully saturated rings. The lowest BCUT2D eigenvalue weighted by Crippen LogP contribution is -2.32. The highest BCUT2D eigenvalue weighted by Crippen LogP contribution is 2.35. The smallest absolute Gasteiger partial charge is 0.387 e. The van der Waals surface area contributed by atoms with E-state index in [4.69, 9.17) is 9.84 Å². The third-order valence-electron chi connectivity index (χ3n) is 3.55. The van der Waals surface area contributed by atoms with Gasteiger partial charge in [0.15, 0.2) is 11.5 Å². The lowest BCUT2D eigenvalue weighted by Gasteiger charge is -2.19. The summed E-state index contributed by atoms with van der Waals surface area (Å²) in [5, 5.41) is 22.5. The van der Waals surface area contributed by atoms with E-state index in [1.54, 1.807) is 0 Å². The number of amides is 1. The fourth-order valence-corrected chi connectivity index (χ4v) is 1.92. The van der Waals surface area contributed by atoms with Gasteiger partial charge in [-0.3, -0.25) is 19.7 Å². The fourth-order valence-electron chi connectivity index (χ4n) is 1.92. The number of ether oxygens (including phenoxy) is 2. The minimum atomic E-state index is -3.23.